The second kappa shape index (κ2) is 8.31. The third kappa shape index (κ3) is 4.61. The molecule has 0 fully saturated rings. The summed E-state index contributed by atoms with van der Waals surface area (Å²) in [4.78, 5) is 38.7. The molecule has 0 spiro atoms. The maximum absolute atomic E-state index is 12.1. The van der Waals surface area contributed by atoms with Crippen LogP contribution in [0.25, 0.3) is 10.9 Å². The Morgan fingerprint density at radius 3 is 2.56 bits per heavy atom. The van der Waals surface area contributed by atoms with Crippen LogP contribution in [0.15, 0.2) is 59.4 Å². The minimum absolute atomic E-state index is 0.141. The first-order chi connectivity index (χ1) is 13.1. The van der Waals surface area contributed by atoms with E-state index in [4.69, 9.17) is 0 Å². The van der Waals surface area contributed by atoms with Crippen molar-refractivity contribution < 1.29 is 9.59 Å². The van der Waals surface area contributed by atoms with Gasteiger partial charge in [-0.1, -0.05) is 37.6 Å². The van der Waals surface area contributed by atoms with Crippen molar-refractivity contribution in [3.8, 4) is 0 Å². The van der Waals surface area contributed by atoms with E-state index in [1.165, 1.54) is 0 Å². The van der Waals surface area contributed by atoms with E-state index in [9.17, 15) is 14.4 Å². The van der Waals surface area contributed by atoms with Crippen molar-refractivity contribution in [2.75, 3.05) is 11.9 Å². The number of carbonyl (C=O) groups excluding carboxylic acids is 2. The molecule has 138 valence electrons. The SMILES string of the molecule is CCCc1cc(=O)[nH]c2cc(NC(=O)CNC(=O)c3ccccc3)ccc12. The maximum atomic E-state index is 12.1. The van der Waals surface area contributed by atoms with Crippen molar-refractivity contribution in [1.82, 2.24) is 10.3 Å². The smallest absolute Gasteiger partial charge is 0.251 e. The standard InChI is InChI=1S/C21H21N3O3/c1-2-6-15-11-19(25)24-18-12-16(9-10-17(15)18)23-20(26)13-22-21(27)14-7-4-3-5-8-14/h3-5,7-12H,2,6,13H2,1H3,(H,22,27)(H,23,26)(H,24,25). The van der Waals surface area contributed by atoms with E-state index in [1.54, 1.807) is 42.5 Å². The van der Waals surface area contributed by atoms with Gasteiger partial charge in [-0.2, -0.15) is 0 Å². The summed E-state index contributed by atoms with van der Waals surface area (Å²) in [6.45, 7) is 1.92. The Morgan fingerprint density at radius 2 is 1.81 bits per heavy atom. The molecule has 0 radical (unpaired) electrons. The molecular weight excluding hydrogens is 342 g/mol. The van der Waals surface area contributed by atoms with Crippen LogP contribution >= 0.6 is 0 Å². The minimum Gasteiger partial charge on any atom is -0.343 e. The fourth-order valence-corrected chi connectivity index (χ4v) is 2.94. The molecule has 0 saturated heterocycles. The Hall–Kier alpha value is -3.41. The summed E-state index contributed by atoms with van der Waals surface area (Å²) >= 11 is 0. The number of benzene rings is 2. The van der Waals surface area contributed by atoms with Gasteiger partial charge in [0.25, 0.3) is 5.91 Å². The van der Waals surface area contributed by atoms with E-state index in [1.807, 2.05) is 12.1 Å². The van der Waals surface area contributed by atoms with E-state index in [0.717, 1.165) is 23.8 Å². The van der Waals surface area contributed by atoms with Gasteiger partial charge in [0.1, 0.15) is 0 Å². The van der Waals surface area contributed by atoms with Crippen molar-refractivity contribution in [3.05, 3.63) is 76.1 Å². The van der Waals surface area contributed by atoms with E-state index in [0.29, 0.717) is 16.8 Å². The zero-order chi connectivity index (χ0) is 19.2. The van der Waals surface area contributed by atoms with Crippen molar-refractivity contribution >= 4 is 28.4 Å². The fraction of sp³-hybridized carbons (Fsp3) is 0.190. The van der Waals surface area contributed by atoms with Gasteiger partial charge in [0.2, 0.25) is 11.5 Å². The summed E-state index contributed by atoms with van der Waals surface area (Å²) in [6.07, 6.45) is 1.76. The summed E-state index contributed by atoms with van der Waals surface area (Å²) in [5.41, 5.74) is 2.56. The highest BCUT2D eigenvalue weighted by Crippen LogP contribution is 2.20. The molecule has 27 heavy (non-hydrogen) atoms. The molecule has 0 aliphatic heterocycles. The summed E-state index contributed by atoms with van der Waals surface area (Å²) in [7, 11) is 0. The van der Waals surface area contributed by atoms with Crippen LogP contribution in [0.3, 0.4) is 0 Å². The molecule has 1 aromatic heterocycles. The van der Waals surface area contributed by atoms with Gasteiger partial charge in [-0.15, -0.1) is 0 Å². The van der Waals surface area contributed by atoms with E-state index in [2.05, 4.69) is 22.5 Å². The zero-order valence-corrected chi connectivity index (χ0v) is 15.0. The van der Waals surface area contributed by atoms with Gasteiger partial charge >= 0.3 is 0 Å². The molecule has 3 N–H and O–H groups in total. The number of fused-ring (bicyclic) bond motifs is 1. The lowest BCUT2D eigenvalue weighted by Gasteiger charge is -2.10. The Balaban J connectivity index is 1.68. The predicted molar refractivity (Wildman–Crippen MR) is 106 cm³/mol. The minimum atomic E-state index is -0.342. The zero-order valence-electron chi connectivity index (χ0n) is 15.0. The molecule has 1 heterocycles. The number of aromatic nitrogens is 1. The molecule has 0 atom stereocenters. The second-order valence-corrected chi connectivity index (χ2v) is 6.27. The van der Waals surface area contributed by atoms with E-state index < -0.39 is 0 Å². The van der Waals surface area contributed by atoms with Gasteiger partial charge in [0.15, 0.2) is 0 Å². The number of hydrogen-bond acceptors (Lipinski definition) is 3. The molecular formula is C21H21N3O3. The van der Waals surface area contributed by atoms with E-state index >= 15 is 0 Å². The number of pyridine rings is 1. The largest absolute Gasteiger partial charge is 0.343 e. The molecule has 0 aliphatic carbocycles. The van der Waals surface area contributed by atoms with Crippen LogP contribution in [-0.4, -0.2) is 23.3 Å². The second-order valence-electron chi connectivity index (χ2n) is 6.27. The highest BCUT2D eigenvalue weighted by Gasteiger charge is 2.09. The highest BCUT2D eigenvalue weighted by atomic mass is 16.2. The van der Waals surface area contributed by atoms with E-state index in [-0.39, 0.29) is 23.9 Å². The third-order valence-corrected chi connectivity index (χ3v) is 4.18. The van der Waals surface area contributed by atoms with Gasteiger partial charge in [-0.25, -0.2) is 0 Å². The Kier molecular flexibility index (Phi) is 5.66. The summed E-state index contributed by atoms with van der Waals surface area (Å²) < 4.78 is 0. The predicted octanol–water partition coefficient (Wildman–Crippen LogP) is 2.85. The molecule has 0 bridgehead atoms. The molecule has 6 heteroatoms. The van der Waals surface area contributed by atoms with Crippen LogP contribution in [0, 0.1) is 0 Å². The van der Waals surface area contributed by atoms with Gasteiger partial charge in [-0.05, 0) is 36.2 Å². The Labute approximate surface area is 156 Å². The number of H-pyrrole nitrogens is 1. The lowest BCUT2D eigenvalue weighted by atomic mass is 10.0. The number of rotatable bonds is 6. The molecule has 2 aromatic carbocycles. The monoisotopic (exact) mass is 363 g/mol. The molecule has 0 saturated carbocycles. The normalized spacial score (nSPS) is 10.6. The third-order valence-electron chi connectivity index (χ3n) is 4.18. The van der Waals surface area contributed by atoms with Gasteiger partial charge in [0.05, 0.1) is 12.1 Å². The quantitative estimate of drug-likeness (QED) is 0.629. The number of hydrogen-bond donors (Lipinski definition) is 3. The molecule has 3 rings (SSSR count). The van der Waals surface area contributed by atoms with Crippen molar-refractivity contribution in [2.24, 2.45) is 0 Å². The number of aryl methyl sites for hydroxylation is 1. The summed E-state index contributed by atoms with van der Waals surface area (Å²) in [5, 5.41) is 6.28. The molecule has 3 aromatic rings. The average molecular weight is 363 g/mol. The first-order valence-electron chi connectivity index (χ1n) is 8.86. The molecule has 0 aliphatic rings. The van der Waals surface area contributed by atoms with Gasteiger partial charge in [-0.3, -0.25) is 14.4 Å². The topological polar surface area (TPSA) is 91.1 Å². The Morgan fingerprint density at radius 1 is 1.04 bits per heavy atom. The van der Waals surface area contributed by atoms with Crippen LogP contribution in [0.5, 0.6) is 0 Å². The first kappa shape index (κ1) is 18.4. The molecule has 6 nitrogen and oxygen atoms in total. The first-order valence-corrected chi connectivity index (χ1v) is 8.86. The number of anilines is 1. The summed E-state index contributed by atoms with van der Waals surface area (Å²) in [5.74, 6) is -0.650. The van der Waals surface area contributed by atoms with Crippen LogP contribution in [-0.2, 0) is 11.2 Å². The average Bonchev–Trinajstić information content (AvgIpc) is 2.66. The number of amides is 2. The van der Waals surface area contributed by atoms with Crippen LogP contribution in [0.2, 0.25) is 0 Å². The van der Waals surface area contributed by atoms with Crippen molar-refractivity contribution in [2.45, 2.75) is 19.8 Å². The lowest BCUT2D eigenvalue weighted by molar-refractivity contribution is -0.115. The van der Waals surface area contributed by atoms with Crippen LogP contribution in [0.4, 0.5) is 5.69 Å². The number of carbonyl (C=O) groups is 2. The molecule has 2 amide bonds. The Bertz CT molecular complexity index is 1030. The maximum Gasteiger partial charge on any atom is 0.251 e. The molecule has 0 unspecified atom stereocenters. The van der Waals surface area contributed by atoms with Gasteiger partial charge < -0.3 is 15.6 Å². The van der Waals surface area contributed by atoms with Gasteiger partial charge in [0, 0.05) is 22.7 Å². The van der Waals surface area contributed by atoms with Crippen LogP contribution in [0.1, 0.15) is 29.3 Å². The summed E-state index contributed by atoms with van der Waals surface area (Å²) in [6, 6.07) is 15.7. The van der Waals surface area contributed by atoms with Crippen LogP contribution < -0.4 is 16.2 Å². The highest BCUT2D eigenvalue weighted by molar-refractivity contribution is 6.00. The fourth-order valence-electron chi connectivity index (χ4n) is 2.94. The van der Waals surface area contributed by atoms with Crippen molar-refractivity contribution in [1.29, 1.82) is 0 Å². The number of nitrogens with one attached hydrogen (secondary N) is 3. The number of aromatic amines is 1. The lowest BCUT2D eigenvalue weighted by Crippen LogP contribution is -2.32. The van der Waals surface area contributed by atoms with Crippen molar-refractivity contribution in [3.63, 3.8) is 0 Å².